The van der Waals surface area contributed by atoms with E-state index in [2.05, 4.69) is 12.2 Å². The fraction of sp³-hybridized carbons (Fsp3) is 0.350. The number of hydrogen-bond acceptors (Lipinski definition) is 2. The second-order valence-corrected chi connectivity index (χ2v) is 5.71. The molecule has 0 fully saturated rings. The van der Waals surface area contributed by atoms with Crippen molar-refractivity contribution in [3.8, 4) is 5.75 Å². The lowest BCUT2D eigenvalue weighted by molar-refractivity contribution is -0.128. The summed E-state index contributed by atoms with van der Waals surface area (Å²) in [6.07, 6.45) is 0.997. The first-order chi connectivity index (χ1) is 11.1. The Balaban J connectivity index is 2.02. The number of ether oxygens (including phenoxy) is 1. The molecule has 0 saturated carbocycles. The molecule has 0 bridgehead atoms. The third-order valence-corrected chi connectivity index (χ3v) is 3.89. The van der Waals surface area contributed by atoms with E-state index in [0.29, 0.717) is 6.42 Å². The Hall–Kier alpha value is -2.29. The summed E-state index contributed by atoms with van der Waals surface area (Å²) >= 11 is 0. The van der Waals surface area contributed by atoms with Gasteiger partial charge >= 0.3 is 0 Å². The number of amides is 1. The highest BCUT2D eigenvalue weighted by molar-refractivity contribution is 5.81. The van der Waals surface area contributed by atoms with Crippen LogP contribution >= 0.6 is 0 Å². The van der Waals surface area contributed by atoms with Crippen molar-refractivity contribution >= 4 is 5.91 Å². The van der Waals surface area contributed by atoms with Crippen molar-refractivity contribution in [2.75, 3.05) is 0 Å². The van der Waals surface area contributed by atoms with Crippen LogP contribution in [-0.2, 0) is 4.79 Å². The molecule has 122 valence electrons. The summed E-state index contributed by atoms with van der Waals surface area (Å²) in [7, 11) is 0. The van der Waals surface area contributed by atoms with E-state index in [0.717, 1.165) is 17.7 Å². The maximum absolute atomic E-state index is 12.6. The van der Waals surface area contributed by atoms with Gasteiger partial charge in [0.05, 0.1) is 6.04 Å². The predicted molar refractivity (Wildman–Crippen MR) is 93.5 cm³/mol. The van der Waals surface area contributed by atoms with Crippen molar-refractivity contribution in [1.29, 1.82) is 0 Å². The highest BCUT2D eigenvalue weighted by atomic mass is 16.5. The molecule has 2 atom stereocenters. The van der Waals surface area contributed by atoms with Crippen molar-refractivity contribution < 1.29 is 9.53 Å². The first-order valence-corrected chi connectivity index (χ1v) is 8.22. The first kappa shape index (κ1) is 17.1. The maximum atomic E-state index is 12.6. The number of aryl methyl sites for hydroxylation is 1. The van der Waals surface area contributed by atoms with Crippen LogP contribution < -0.4 is 10.1 Å². The van der Waals surface area contributed by atoms with Gasteiger partial charge in [0.2, 0.25) is 0 Å². The number of carbonyl (C=O) groups excluding carboxylic acids is 1. The third-order valence-electron chi connectivity index (χ3n) is 3.89. The first-order valence-electron chi connectivity index (χ1n) is 8.22. The average Bonchev–Trinajstić information content (AvgIpc) is 2.59. The number of rotatable bonds is 7. The zero-order valence-corrected chi connectivity index (χ0v) is 14.1. The summed E-state index contributed by atoms with van der Waals surface area (Å²) in [6, 6.07) is 17.8. The predicted octanol–water partition coefficient (Wildman–Crippen LogP) is 4.42. The molecule has 23 heavy (non-hydrogen) atoms. The molecular formula is C20H25NO2. The fourth-order valence-electron chi connectivity index (χ4n) is 2.47. The minimum atomic E-state index is -0.476. The van der Waals surface area contributed by atoms with Crippen LogP contribution in [0.1, 0.15) is 43.9 Å². The fourth-order valence-corrected chi connectivity index (χ4v) is 2.47. The number of nitrogens with one attached hydrogen (secondary N) is 1. The summed E-state index contributed by atoms with van der Waals surface area (Å²) in [5, 5.41) is 3.10. The SMILES string of the molecule is CCC(Oc1ccc(C)cc1)C(=O)NC(CC)c1ccccc1. The quantitative estimate of drug-likeness (QED) is 0.822. The second-order valence-electron chi connectivity index (χ2n) is 5.71. The highest BCUT2D eigenvalue weighted by Gasteiger charge is 2.21. The molecule has 0 aliphatic rings. The zero-order chi connectivity index (χ0) is 16.7. The number of benzene rings is 2. The Labute approximate surface area is 138 Å². The van der Waals surface area contributed by atoms with E-state index in [1.165, 1.54) is 5.56 Å². The van der Waals surface area contributed by atoms with Crippen molar-refractivity contribution in [2.24, 2.45) is 0 Å². The summed E-state index contributed by atoms with van der Waals surface area (Å²) in [5.74, 6) is 0.661. The summed E-state index contributed by atoms with van der Waals surface area (Å²) in [4.78, 5) is 12.6. The van der Waals surface area contributed by atoms with Crippen LogP contribution in [0.15, 0.2) is 54.6 Å². The molecule has 2 aromatic rings. The van der Waals surface area contributed by atoms with E-state index < -0.39 is 6.10 Å². The van der Waals surface area contributed by atoms with Crippen LogP contribution in [0.2, 0.25) is 0 Å². The van der Waals surface area contributed by atoms with Gasteiger partial charge in [-0.1, -0.05) is 61.9 Å². The maximum Gasteiger partial charge on any atom is 0.261 e. The molecule has 1 N–H and O–H groups in total. The molecule has 2 rings (SSSR count). The molecular weight excluding hydrogens is 286 g/mol. The zero-order valence-electron chi connectivity index (χ0n) is 14.1. The largest absolute Gasteiger partial charge is 0.481 e. The number of hydrogen-bond donors (Lipinski definition) is 1. The highest BCUT2D eigenvalue weighted by Crippen LogP contribution is 2.18. The minimum absolute atomic E-state index is 0.0133. The molecule has 1 amide bonds. The molecule has 0 aromatic heterocycles. The minimum Gasteiger partial charge on any atom is -0.481 e. The van der Waals surface area contributed by atoms with Crippen LogP contribution in [0.4, 0.5) is 0 Å². The molecule has 0 radical (unpaired) electrons. The molecule has 2 unspecified atom stereocenters. The Kier molecular flexibility index (Phi) is 6.21. The Morgan fingerprint density at radius 2 is 1.65 bits per heavy atom. The van der Waals surface area contributed by atoms with Gasteiger partial charge in [-0.15, -0.1) is 0 Å². The van der Waals surface area contributed by atoms with E-state index in [1.807, 2.05) is 68.4 Å². The van der Waals surface area contributed by atoms with E-state index in [4.69, 9.17) is 4.74 Å². The third kappa shape index (κ3) is 4.85. The van der Waals surface area contributed by atoms with Gasteiger partial charge in [0.25, 0.3) is 5.91 Å². The molecule has 0 spiro atoms. The lowest BCUT2D eigenvalue weighted by Crippen LogP contribution is -2.39. The van der Waals surface area contributed by atoms with Crippen molar-refractivity contribution in [1.82, 2.24) is 5.32 Å². The van der Waals surface area contributed by atoms with Crippen molar-refractivity contribution in [3.05, 3.63) is 65.7 Å². The molecule has 0 aliphatic carbocycles. The Morgan fingerprint density at radius 1 is 1.00 bits per heavy atom. The molecule has 3 nitrogen and oxygen atoms in total. The summed E-state index contributed by atoms with van der Waals surface area (Å²) in [5.41, 5.74) is 2.29. The van der Waals surface area contributed by atoms with Gasteiger partial charge in [0, 0.05) is 0 Å². The summed E-state index contributed by atoms with van der Waals surface area (Å²) in [6.45, 7) is 6.06. The van der Waals surface area contributed by atoms with Gasteiger partial charge < -0.3 is 10.1 Å². The number of carbonyl (C=O) groups is 1. The Bertz CT molecular complexity index is 607. The molecule has 2 aromatic carbocycles. The summed E-state index contributed by atoms with van der Waals surface area (Å²) < 4.78 is 5.85. The molecule has 0 aliphatic heterocycles. The van der Waals surface area contributed by atoms with Gasteiger partial charge in [-0.05, 0) is 37.5 Å². The van der Waals surface area contributed by atoms with E-state index >= 15 is 0 Å². The van der Waals surface area contributed by atoms with Gasteiger partial charge in [-0.3, -0.25) is 4.79 Å². The second kappa shape index (κ2) is 8.37. The van der Waals surface area contributed by atoms with Crippen LogP contribution in [0.5, 0.6) is 5.75 Å². The molecule has 0 heterocycles. The van der Waals surface area contributed by atoms with Crippen LogP contribution in [-0.4, -0.2) is 12.0 Å². The van der Waals surface area contributed by atoms with Crippen LogP contribution in [0.3, 0.4) is 0 Å². The van der Waals surface area contributed by atoms with E-state index in [9.17, 15) is 4.79 Å². The van der Waals surface area contributed by atoms with Gasteiger partial charge in [0.1, 0.15) is 5.75 Å². The van der Waals surface area contributed by atoms with E-state index in [1.54, 1.807) is 0 Å². The van der Waals surface area contributed by atoms with Crippen molar-refractivity contribution in [3.63, 3.8) is 0 Å². The Morgan fingerprint density at radius 3 is 2.22 bits per heavy atom. The smallest absolute Gasteiger partial charge is 0.261 e. The molecule has 0 saturated heterocycles. The normalized spacial score (nSPS) is 13.2. The van der Waals surface area contributed by atoms with Crippen LogP contribution in [0, 0.1) is 6.92 Å². The standard InChI is InChI=1S/C20H25NO2/c1-4-18(16-9-7-6-8-10-16)21-20(22)19(5-2)23-17-13-11-15(3)12-14-17/h6-14,18-19H,4-5H2,1-3H3,(H,21,22). The lowest BCUT2D eigenvalue weighted by Gasteiger charge is -2.22. The van der Waals surface area contributed by atoms with E-state index in [-0.39, 0.29) is 11.9 Å². The lowest BCUT2D eigenvalue weighted by atomic mass is 10.0. The monoisotopic (exact) mass is 311 g/mol. The average molecular weight is 311 g/mol. The van der Waals surface area contributed by atoms with Crippen molar-refractivity contribution in [2.45, 2.75) is 45.8 Å². The van der Waals surface area contributed by atoms with Gasteiger partial charge in [-0.2, -0.15) is 0 Å². The van der Waals surface area contributed by atoms with Crippen LogP contribution in [0.25, 0.3) is 0 Å². The molecule has 3 heteroatoms. The van der Waals surface area contributed by atoms with Gasteiger partial charge in [-0.25, -0.2) is 0 Å². The topological polar surface area (TPSA) is 38.3 Å². The van der Waals surface area contributed by atoms with Gasteiger partial charge in [0.15, 0.2) is 6.10 Å².